The monoisotopic (exact) mass is 280 g/mol. The van der Waals surface area contributed by atoms with Crippen molar-refractivity contribution < 1.29 is 17.9 Å². The summed E-state index contributed by atoms with van der Waals surface area (Å²) in [5, 5.41) is 0. The molecule has 0 aromatic heterocycles. The lowest BCUT2D eigenvalue weighted by Crippen LogP contribution is -2.35. The highest BCUT2D eigenvalue weighted by Crippen LogP contribution is 2.30. The van der Waals surface area contributed by atoms with E-state index in [1.165, 1.54) is 0 Å². The molecule has 1 rings (SSSR count). The Balaban J connectivity index is 2.76. The first-order valence-electron chi connectivity index (χ1n) is 5.69. The Labute approximate surface area is 110 Å². The second kappa shape index (κ2) is 6.43. The van der Waals surface area contributed by atoms with Crippen molar-refractivity contribution in [3.8, 4) is 0 Å². The van der Waals surface area contributed by atoms with E-state index in [0.717, 1.165) is 5.56 Å². The topological polar surface area (TPSA) is 9.23 Å². The van der Waals surface area contributed by atoms with Gasteiger partial charge in [-0.15, -0.1) is 11.6 Å². The van der Waals surface area contributed by atoms with E-state index in [4.69, 9.17) is 16.3 Å². The van der Waals surface area contributed by atoms with Gasteiger partial charge in [0, 0.05) is 11.3 Å². The van der Waals surface area contributed by atoms with Crippen LogP contribution < -0.4 is 0 Å². The van der Waals surface area contributed by atoms with Crippen molar-refractivity contribution >= 4 is 11.6 Å². The molecule has 0 radical (unpaired) electrons. The molecule has 1 nitrogen and oxygen atoms in total. The molecule has 0 amide bonds. The highest BCUT2D eigenvalue weighted by Gasteiger charge is 2.33. The second-order valence-corrected chi connectivity index (χ2v) is 4.51. The highest BCUT2D eigenvalue weighted by molar-refractivity contribution is 6.18. The predicted molar refractivity (Wildman–Crippen MR) is 66.0 cm³/mol. The normalized spacial score (nSPS) is 15.4. The summed E-state index contributed by atoms with van der Waals surface area (Å²) in [7, 11) is 0. The molecule has 102 valence electrons. The Hall–Kier alpha value is -0.740. The minimum Gasteiger partial charge on any atom is -0.371 e. The summed E-state index contributed by atoms with van der Waals surface area (Å²) < 4.78 is 41.0. The highest BCUT2D eigenvalue weighted by atomic mass is 35.5. The molecular formula is C13H16ClF3O. The first-order valence-corrected chi connectivity index (χ1v) is 6.23. The van der Waals surface area contributed by atoms with Crippen molar-refractivity contribution in [3.05, 3.63) is 35.9 Å². The third kappa shape index (κ3) is 4.18. The van der Waals surface area contributed by atoms with Crippen LogP contribution in [0.25, 0.3) is 0 Å². The van der Waals surface area contributed by atoms with E-state index in [9.17, 15) is 13.2 Å². The molecule has 0 saturated heterocycles. The van der Waals surface area contributed by atoms with Gasteiger partial charge in [0.2, 0.25) is 0 Å². The molecule has 1 unspecified atom stereocenters. The van der Waals surface area contributed by atoms with Crippen molar-refractivity contribution in [3.63, 3.8) is 0 Å². The fourth-order valence-electron chi connectivity index (χ4n) is 1.75. The van der Waals surface area contributed by atoms with Crippen LogP contribution in [0.3, 0.4) is 0 Å². The lowest BCUT2D eigenvalue weighted by molar-refractivity contribution is -0.177. The Morgan fingerprint density at radius 3 is 2.17 bits per heavy atom. The first-order chi connectivity index (χ1) is 8.43. The summed E-state index contributed by atoms with van der Waals surface area (Å²) in [4.78, 5) is 0. The maximum Gasteiger partial charge on any atom is 0.411 e. The summed E-state index contributed by atoms with van der Waals surface area (Å²) in [5.74, 6) is 0.228. The quantitative estimate of drug-likeness (QED) is 0.711. The van der Waals surface area contributed by atoms with Crippen LogP contribution in [0.4, 0.5) is 13.2 Å². The van der Waals surface area contributed by atoms with Gasteiger partial charge in [0.25, 0.3) is 0 Å². The SMILES string of the molecule is CCC(CCl)(COCC(F)(F)F)c1ccccc1. The Morgan fingerprint density at radius 2 is 1.72 bits per heavy atom. The standard InChI is InChI=1S/C13H16ClF3O/c1-2-12(8-14,9-18-10-13(15,16)17)11-6-4-3-5-7-11/h3-7H,2,8-10H2,1H3. The Bertz CT molecular complexity index is 347. The number of halogens is 4. The van der Waals surface area contributed by atoms with Crippen LogP contribution in [0.2, 0.25) is 0 Å². The number of hydrogen-bond donors (Lipinski definition) is 0. The molecule has 0 aliphatic rings. The van der Waals surface area contributed by atoms with Gasteiger partial charge in [-0.3, -0.25) is 0 Å². The van der Waals surface area contributed by atoms with Crippen molar-refractivity contribution in [2.45, 2.75) is 24.9 Å². The minimum absolute atomic E-state index is 0.0312. The van der Waals surface area contributed by atoms with Gasteiger partial charge in [-0.1, -0.05) is 37.3 Å². The Morgan fingerprint density at radius 1 is 1.11 bits per heavy atom. The van der Waals surface area contributed by atoms with E-state index in [0.29, 0.717) is 6.42 Å². The maximum atomic E-state index is 12.1. The maximum absolute atomic E-state index is 12.1. The molecule has 18 heavy (non-hydrogen) atoms. The number of alkyl halides is 4. The molecule has 0 aliphatic heterocycles. The molecule has 1 aromatic carbocycles. The summed E-state index contributed by atoms with van der Waals surface area (Å²) in [6.07, 6.45) is -3.68. The average Bonchev–Trinajstić information content (AvgIpc) is 2.35. The van der Waals surface area contributed by atoms with E-state index in [2.05, 4.69) is 0 Å². The van der Waals surface area contributed by atoms with E-state index < -0.39 is 18.2 Å². The van der Waals surface area contributed by atoms with Crippen LogP contribution in [-0.2, 0) is 10.2 Å². The van der Waals surface area contributed by atoms with Crippen molar-refractivity contribution in [2.24, 2.45) is 0 Å². The van der Waals surface area contributed by atoms with Crippen molar-refractivity contribution in [2.75, 3.05) is 19.1 Å². The van der Waals surface area contributed by atoms with Gasteiger partial charge >= 0.3 is 6.18 Å². The van der Waals surface area contributed by atoms with Gasteiger partial charge < -0.3 is 4.74 Å². The number of ether oxygens (including phenoxy) is 1. The molecule has 5 heteroatoms. The van der Waals surface area contributed by atoms with E-state index in [1.807, 2.05) is 37.3 Å². The van der Waals surface area contributed by atoms with Crippen LogP contribution in [-0.4, -0.2) is 25.3 Å². The van der Waals surface area contributed by atoms with Gasteiger partial charge in [0.1, 0.15) is 6.61 Å². The molecule has 1 aromatic rings. The van der Waals surface area contributed by atoms with Gasteiger partial charge in [0.15, 0.2) is 0 Å². The third-order valence-corrected chi connectivity index (χ3v) is 3.47. The van der Waals surface area contributed by atoms with E-state index >= 15 is 0 Å². The van der Waals surface area contributed by atoms with Crippen LogP contribution >= 0.6 is 11.6 Å². The average molecular weight is 281 g/mol. The van der Waals surface area contributed by atoms with Crippen molar-refractivity contribution in [1.29, 1.82) is 0 Å². The van der Waals surface area contributed by atoms with Crippen LogP contribution in [0.5, 0.6) is 0 Å². The molecule has 0 aliphatic carbocycles. The fourth-order valence-corrected chi connectivity index (χ4v) is 2.17. The van der Waals surface area contributed by atoms with Crippen LogP contribution in [0.1, 0.15) is 18.9 Å². The molecule has 0 fully saturated rings. The van der Waals surface area contributed by atoms with E-state index in [-0.39, 0.29) is 12.5 Å². The zero-order valence-corrected chi connectivity index (χ0v) is 10.9. The van der Waals surface area contributed by atoms with Crippen LogP contribution in [0, 0.1) is 0 Å². The smallest absolute Gasteiger partial charge is 0.371 e. The second-order valence-electron chi connectivity index (χ2n) is 4.24. The fraction of sp³-hybridized carbons (Fsp3) is 0.538. The van der Waals surface area contributed by atoms with Gasteiger partial charge in [-0.25, -0.2) is 0 Å². The van der Waals surface area contributed by atoms with Gasteiger partial charge in [-0.2, -0.15) is 13.2 Å². The zero-order valence-electron chi connectivity index (χ0n) is 10.1. The van der Waals surface area contributed by atoms with E-state index in [1.54, 1.807) is 0 Å². The predicted octanol–water partition coefficient (Wildman–Crippen LogP) is 4.15. The summed E-state index contributed by atoms with van der Waals surface area (Å²) in [6.45, 7) is 0.626. The third-order valence-electron chi connectivity index (χ3n) is 2.96. The molecule has 0 spiro atoms. The Kier molecular flexibility index (Phi) is 5.47. The minimum atomic E-state index is -4.30. The number of hydrogen-bond acceptors (Lipinski definition) is 1. The largest absolute Gasteiger partial charge is 0.411 e. The first kappa shape index (κ1) is 15.3. The summed E-state index contributed by atoms with van der Waals surface area (Å²) in [6, 6.07) is 9.27. The molecule has 0 heterocycles. The molecule has 0 bridgehead atoms. The lowest BCUT2D eigenvalue weighted by atomic mass is 9.80. The summed E-state index contributed by atoms with van der Waals surface area (Å²) in [5.41, 5.74) is 0.346. The molecular weight excluding hydrogens is 265 g/mol. The summed E-state index contributed by atoms with van der Waals surface area (Å²) >= 11 is 5.95. The zero-order chi connectivity index (χ0) is 13.6. The van der Waals surface area contributed by atoms with Crippen LogP contribution in [0.15, 0.2) is 30.3 Å². The van der Waals surface area contributed by atoms with Crippen molar-refractivity contribution in [1.82, 2.24) is 0 Å². The number of rotatable bonds is 6. The molecule has 1 atom stereocenters. The van der Waals surface area contributed by atoms with Gasteiger partial charge in [0.05, 0.1) is 6.61 Å². The van der Waals surface area contributed by atoms with Gasteiger partial charge in [-0.05, 0) is 12.0 Å². The lowest BCUT2D eigenvalue weighted by Gasteiger charge is -2.31. The molecule has 0 saturated carbocycles. The molecule has 0 N–H and O–H groups in total. The number of benzene rings is 1.